The first kappa shape index (κ1) is 15.0. The van der Waals surface area contributed by atoms with E-state index < -0.39 is 5.97 Å². The van der Waals surface area contributed by atoms with Crippen molar-refractivity contribution >= 4 is 17.6 Å². The Labute approximate surface area is 113 Å². The van der Waals surface area contributed by atoms with Crippen LogP contribution in [0.3, 0.4) is 0 Å². The molecule has 5 nitrogen and oxygen atoms in total. The summed E-state index contributed by atoms with van der Waals surface area (Å²) >= 11 is 0. The molecule has 0 radical (unpaired) electrons. The molecule has 0 saturated heterocycles. The number of para-hydroxylation sites is 1. The highest BCUT2D eigenvalue weighted by molar-refractivity contribution is 5.94. The first-order valence-electron chi connectivity index (χ1n) is 6.41. The summed E-state index contributed by atoms with van der Waals surface area (Å²) in [6.07, 6.45) is 2.64. The smallest absolute Gasteiger partial charge is 0.303 e. The average Bonchev–Trinajstić information content (AvgIpc) is 2.42. The molecule has 1 aromatic rings. The van der Waals surface area contributed by atoms with Crippen LogP contribution in [-0.2, 0) is 4.79 Å². The van der Waals surface area contributed by atoms with Gasteiger partial charge in [0, 0.05) is 25.7 Å². The lowest BCUT2D eigenvalue weighted by Gasteiger charge is -2.17. The summed E-state index contributed by atoms with van der Waals surface area (Å²) in [5.74, 6) is -0.267. The van der Waals surface area contributed by atoms with Gasteiger partial charge in [0.25, 0.3) is 0 Å². The molecule has 5 heteroatoms. The van der Waals surface area contributed by atoms with E-state index in [0.29, 0.717) is 18.9 Å². The second kappa shape index (κ2) is 8.13. The molecule has 0 bridgehead atoms. The molecule has 0 atom stereocenters. The molecule has 0 unspecified atom stereocenters. The number of aliphatic imine (C=N–C) groups is 1. The zero-order valence-electron chi connectivity index (χ0n) is 11.2. The van der Waals surface area contributed by atoms with Crippen LogP contribution in [0.2, 0.25) is 0 Å². The van der Waals surface area contributed by atoms with Crippen LogP contribution in [0.25, 0.3) is 0 Å². The molecule has 0 heterocycles. The molecule has 3 N–H and O–H groups in total. The highest BCUT2D eigenvalue weighted by atomic mass is 16.4. The Morgan fingerprint density at radius 1 is 1.26 bits per heavy atom. The average molecular weight is 263 g/mol. The molecule has 1 rings (SSSR count). The number of guanidine groups is 1. The van der Waals surface area contributed by atoms with Crippen molar-refractivity contribution in [3.8, 4) is 0 Å². The molecular formula is C14H21N3O2. The third-order valence-corrected chi connectivity index (χ3v) is 2.81. The van der Waals surface area contributed by atoms with E-state index >= 15 is 0 Å². The monoisotopic (exact) mass is 263 g/mol. The Bertz CT molecular complexity index is 418. The number of hydrogen-bond donors (Lipinski definition) is 2. The number of carboxylic acid groups (broad SMARTS) is 1. The number of aliphatic carboxylic acids is 1. The number of nitrogens with two attached hydrogens (primary N) is 1. The fourth-order valence-corrected chi connectivity index (χ4v) is 1.65. The highest BCUT2D eigenvalue weighted by Gasteiger charge is 2.03. The molecule has 0 aliphatic carbocycles. The second-order valence-corrected chi connectivity index (χ2v) is 4.34. The van der Waals surface area contributed by atoms with Crippen molar-refractivity contribution in [1.29, 1.82) is 0 Å². The van der Waals surface area contributed by atoms with Gasteiger partial charge >= 0.3 is 5.97 Å². The largest absolute Gasteiger partial charge is 0.481 e. The molecule has 0 amide bonds. The highest BCUT2D eigenvalue weighted by Crippen LogP contribution is 2.10. The lowest BCUT2D eigenvalue weighted by Crippen LogP contribution is -2.34. The van der Waals surface area contributed by atoms with Gasteiger partial charge in [-0.1, -0.05) is 24.6 Å². The molecule has 0 aliphatic heterocycles. The summed E-state index contributed by atoms with van der Waals surface area (Å²) in [6.45, 7) is 0.628. The number of unbranched alkanes of at least 4 members (excludes halogenated alkanes) is 2. The molecule has 1 aromatic carbocycles. The van der Waals surface area contributed by atoms with Crippen LogP contribution in [0.1, 0.15) is 25.7 Å². The van der Waals surface area contributed by atoms with Crippen LogP contribution in [0, 0.1) is 0 Å². The van der Waals surface area contributed by atoms with Gasteiger partial charge in [-0.25, -0.2) is 0 Å². The molecule has 0 saturated carbocycles. The molecule has 0 spiro atoms. The van der Waals surface area contributed by atoms with Crippen molar-refractivity contribution in [1.82, 2.24) is 0 Å². The lowest BCUT2D eigenvalue weighted by atomic mass is 10.2. The Morgan fingerprint density at radius 2 is 1.95 bits per heavy atom. The quantitative estimate of drug-likeness (QED) is 0.448. The van der Waals surface area contributed by atoms with Gasteiger partial charge in [0.05, 0.1) is 0 Å². The number of carboxylic acids is 1. The van der Waals surface area contributed by atoms with E-state index in [2.05, 4.69) is 4.99 Å². The van der Waals surface area contributed by atoms with E-state index in [1.165, 1.54) is 0 Å². The van der Waals surface area contributed by atoms with Gasteiger partial charge in [-0.05, 0) is 25.0 Å². The Balaban J connectivity index is 2.30. The minimum absolute atomic E-state index is 0.225. The summed E-state index contributed by atoms with van der Waals surface area (Å²) in [6, 6.07) is 9.79. The van der Waals surface area contributed by atoms with E-state index in [9.17, 15) is 4.79 Å². The van der Waals surface area contributed by atoms with Crippen LogP contribution >= 0.6 is 0 Å². The fourth-order valence-electron chi connectivity index (χ4n) is 1.65. The van der Waals surface area contributed by atoms with Crippen molar-refractivity contribution < 1.29 is 9.90 Å². The van der Waals surface area contributed by atoms with Crippen LogP contribution in [0.5, 0.6) is 0 Å². The fraction of sp³-hybridized carbons (Fsp3) is 0.429. The molecule has 0 aromatic heterocycles. The van der Waals surface area contributed by atoms with Gasteiger partial charge in [0.1, 0.15) is 0 Å². The minimum atomic E-state index is -0.744. The Morgan fingerprint density at radius 3 is 2.58 bits per heavy atom. The first-order valence-corrected chi connectivity index (χ1v) is 6.41. The summed E-state index contributed by atoms with van der Waals surface area (Å²) in [5, 5.41) is 8.50. The molecule has 0 fully saturated rings. The van der Waals surface area contributed by atoms with Crippen molar-refractivity contribution in [3.05, 3.63) is 30.3 Å². The van der Waals surface area contributed by atoms with Gasteiger partial charge in [0.2, 0.25) is 0 Å². The van der Waals surface area contributed by atoms with Gasteiger partial charge in [-0.2, -0.15) is 0 Å². The van der Waals surface area contributed by atoms with Gasteiger partial charge < -0.3 is 15.7 Å². The standard InChI is InChI=1S/C14H21N3O2/c1-17(12-8-4-2-5-9-12)14(15)16-11-7-3-6-10-13(18)19/h2,4-5,8-9H,3,6-7,10-11H2,1H3,(H2,15,16)(H,18,19). The molecule has 0 aliphatic rings. The van der Waals surface area contributed by atoms with Crippen molar-refractivity contribution in [2.75, 3.05) is 18.5 Å². The van der Waals surface area contributed by atoms with E-state index in [0.717, 1.165) is 18.5 Å². The number of rotatable bonds is 7. The number of benzene rings is 1. The zero-order chi connectivity index (χ0) is 14.1. The van der Waals surface area contributed by atoms with Crippen molar-refractivity contribution in [2.24, 2.45) is 10.7 Å². The molecule has 19 heavy (non-hydrogen) atoms. The zero-order valence-corrected chi connectivity index (χ0v) is 11.2. The second-order valence-electron chi connectivity index (χ2n) is 4.34. The van der Waals surface area contributed by atoms with Crippen LogP contribution in [0.4, 0.5) is 5.69 Å². The maximum Gasteiger partial charge on any atom is 0.303 e. The predicted molar refractivity (Wildman–Crippen MR) is 77.4 cm³/mol. The third kappa shape index (κ3) is 5.90. The molecular weight excluding hydrogens is 242 g/mol. The summed E-state index contributed by atoms with van der Waals surface area (Å²) in [4.78, 5) is 16.5. The summed E-state index contributed by atoms with van der Waals surface area (Å²) < 4.78 is 0. The third-order valence-electron chi connectivity index (χ3n) is 2.81. The summed E-state index contributed by atoms with van der Waals surface area (Å²) in [5.41, 5.74) is 6.89. The van der Waals surface area contributed by atoms with E-state index in [1.807, 2.05) is 42.3 Å². The number of hydrogen-bond acceptors (Lipinski definition) is 2. The topological polar surface area (TPSA) is 78.9 Å². The van der Waals surface area contributed by atoms with Gasteiger partial charge in [-0.15, -0.1) is 0 Å². The van der Waals surface area contributed by atoms with Gasteiger partial charge in [-0.3, -0.25) is 9.79 Å². The Hall–Kier alpha value is -2.04. The minimum Gasteiger partial charge on any atom is -0.481 e. The van der Waals surface area contributed by atoms with Crippen molar-refractivity contribution in [2.45, 2.75) is 25.7 Å². The van der Waals surface area contributed by atoms with Crippen molar-refractivity contribution in [3.63, 3.8) is 0 Å². The summed E-state index contributed by atoms with van der Waals surface area (Å²) in [7, 11) is 1.87. The number of nitrogens with zero attached hydrogens (tertiary/aromatic N) is 2. The van der Waals surface area contributed by atoms with Gasteiger partial charge in [0.15, 0.2) is 5.96 Å². The molecule has 104 valence electrons. The lowest BCUT2D eigenvalue weighted by molar-refractivity contribution is -0.137. The first-order chi connectivity index (χ1) is 9.11. The number of anilines is 1. The van der Waals surface area contributed by atoms with E-state index in [-0.39, 0.29) is 6.42 Å². The van der Waals surface area contributed by atoms with Crippen LogP contribution in [-0.4, -0.2) is 30.6 Å². The number of carbonyl (C=O) groups is 1. The maximum atomic E-state index is 10.3. The SMILES string of the molecule is CN(C(N)=NCCCCCC(=O)O)c1ccccc1. The van der Waals surface area contributed by atoms with Crippen LogP contribution < -0.4 is 10.6 Å². The predicted octanol–water partition coefficient (Wildman–Crippen LogP) is 2.08. The van der Waals surface area contributed by atoms with Crippen LogP contribution in [0.15, 0.2) is 35.3 Å². The Kier molecular flexibility index (Phi) is 6.43. The van der Waals surface area contributed by atoms with E-state index in [4.69, 9.17) is 10.8 Å². The maximum absolute atomic E-state index is 10.3. The normalized spacial score (nSPS) is 11.3. The van der Waals surface area contributed by atoms with E-state index in [1.54, 1.807) is 0 Å².